The Labute approximate surface area is 196 Å². The van der Waals surface area contributed by atoms with Crippen LogP contribution in [-0.2, 0) is 14.1 Å². The van der Waals surface area contributed by atoms with Crippen molar-refractivity contribution >= 4 is 17.7 Å². The summed E-state index contributed by atoms with van der Waals surface area (Å²) in [5.41, 5.74) is 2.32. The summed E-state index contributed by atoms with van der Waals surface area (Å²) >= 11 is 6.07. The van der Waals surface area contributed by atoms with Crippen molar-refractivity contribution in [2.45, 2.75) is 32.1 Å². The van der Waals surface area contributed by atoms with Gasteiger partial charge in [-0.25, -0.2) is 4.68 Å². The van der Waals surface area contributed by atoms with Crippen molar-refractivity contribution in [2.24, 2.45) is 14.1 Å². The molecule has 0 spiro atoms. The topological polar surface area (TPSA) is 91.6 Å². The van der Waals surface area contributed by atoms with E-state index in [-0.39, 0.29) is 11.5 Å². The average Bonchev–Trinajstić information content (AvgIpc) is 3.43. The first-order valence-electron chi connectivity index (χ1n) is 10.7. The molecule has 0 radical (unpaired) electrons. The monoisotopic (exact) mass is 464 g/mol. The number of halogens is 1. The third-order valence-corrected chi connectivity index (χ3v) is 5.79. The second-order valence-corrected chi connectivity index (χ2v) is 8.44. The van der Waals surface area contributed by atoms with E-state index >= 15 is 0 Å². The Morgan fingerprint density at radius 3 is 2.79 bits per heavy atom. The van der Waals surface area contributed by atoms with E-state index in [1.807, 2.05) is 48.0 Å². The molecule has 33 heavy (non-hydrogen) atoms. The van der Waals surface area contributed by atoms with Gasteiger partial charge in [-0.2, -0.15) is 5.10 Å². The van der Waals surface area contributed by atoms with Gasteiger partial charge < -0.3 is 9.09 Å². The van der Waals surface area contributed by atoms with Crippen LogP contribution in [-0.4, -0.2) is 29.7 Å². The van der Waals surface area contributed by atoms with Crippen molar-refractivity contribution in [1.82, 2.24) is 29.7 Å². The lowest BCUT2D eigenvalue weighted by Crippen LogP contribution is -2.18. The van der Waals surface area contributed by atoms with Crippen molar-refractivity contribution in [1.29, 1.82) is 0 Å². The first-order chi connectivity index (χ1) is 15.9. The maximum atomic E-state index is 11.8. The van der Waals surface area contributed by atoms with Crippen LogP contribution in [0.4, 0.5) is 0 Å². The summed E-state index contributed by atoms with van der Waals surface area (Å²) in [6.45, 7) is 2.15. The highest BCUT2D eigenvalue weighted by Gasteiger charge is 2.13. The van der Waals surface area contributed by atoms with E-state index in [2.05, 4.69) is 33.5 Å². The Balaban J connectivity index is 1.31. The van der Waals surface area contributed by atoms with Crippen LogP contribution in [0.15, 0.2) is 58.0 Å². The Morgan fingerprint density at radius 2 is 2.00 bits per heavy atom. The van der Waals surface area contributed by atoms with Crippen LogP contribution in [0, 0.1) is 0 Å². The SMILES string of the molecule is C[C@H](CCC/C=C\c1nnc(-c2cnn(C)c(=O)c2)n1C)c1cc(-c2cccc(Cl)c2)on1. The van der Waals surface area contributed by atoms with Gasteiger partial charge in [0.1, 0.15) is 0 Å². The van der Waals surface area contributed by atoms with E-state index in [0.717, 1.165) is 42.1 Å². The molecule has 0 saturated heterocycles. The van der Waals surface area contributed by atoms with E-state index in [9.17, 15) is 4.79 Å². The van der Waals surface area contributed by atoms with Gasteiger partial charge >= 0.3 is 0 Å². The van der Waals surface area contributed by atoms with E-state index in [4.69, 9.17) is 16.1 Å². The van der Waals surface area contributed by atoms with Crippen molar-refractivity contribution in [3.05, 3.63) is 75.6 Å². The van der Waals surface area contributed by atoms with E-state index in [1.165, 1.54) is 10.7 Å². The highest BCUT2D eigenvalue weighted by Crippen LogP contribution is 2.28. The zero-order valence-electron chi connectivity index (χ0n) is 18.8. The Bertz CT molecular complexity index is 1340. The molecular weight excluding hydrogens is 440 g/mol. The predicted molar refractivity (Wildman–Crippen MR) is 128 cm³/mol. The van der Waals surface area contributed by atoms with E-state index in [1.54, 1.807) is 13.2 Å². The lowest BCUT2D eigenvalue weighted by Gasteiger charge is -2.05. The molecule has 0 saturated carbocycles. The molecule has 0 aliphatic carbocycles. The van der Waals surface area contributed by atoms with Crippen LogP contribution in [0.25, 0.3) is 28.8 Å². The lowest BCUT2D eigenvalue weighted by atomic mass is 9.99. The molecule has 9 heteroatoms. The zero-order valence-corrected chi connectivity index (χ0v) is 19.5. The quantitative estimate of drug-likeness (QED) is 0.345. The third-order valence-electron chi connectivity index (χ3n) is 5.55. The van der Waals surface area contributed by atoms with Gasteiger partial charge in [-0.3, -0.25) is 4.79 Å². The van der Waals surface area contributed by atoms with Crippen LogP contribution in [0.5, 0.6) is 0 Å². The first kappa shape index (κ1) is 22.7. The van der Waals surface area contributed by atoms with E-state index < -0.39 is 0 Å². The van der Waals surface area contributed by atoms with Gasteiger partial charge in [-0.15, -0.1) is 10.2 Å². The molecule has 0 amide bonds. The molecule has 0 bridgehead atoms. The van der Waals surface area contributed by atoms with Crippen molar-refractivity contribution in [2.75, 3.05) is 0 Å². The summed E-state index contributed by atoms with van der Waals surface area (Å²) in [4.78, 5) is 11.8. The molecule has 170 valence electrons. The number of nitrogens with zero attached hydrogens (tertiary/aromatic N) is 6. The third kappa shape index (κ3) is 5.28. The van der Waals surface area contributed by atoms with Gasteiger partial charge in [0.15, 0.2) is 17.4 Å². The summed E-state index contributed by atoms with van der Waals surface area (Å²) in [5.74, 6) is 2.34. The second-order valence-electron chi connectivity index (χ2n) is 8.01. The fourth-order valence-electron chi connectivity index (χ4n) is 3.51. The standard InChI is InChI=1S/C24H25ClN6O2/c1-16(20-14-21(33-29-20)17-9-7-10-19(25)12-17)8-5-4-6-11-22-27-28-24(30(22)2)18-13-23(32)31(3)26-15-18/h6-7,9-16H,4-5,8H2,1-3H3/b11-6-/t16-/m1/s1. The van der Waals surface area contributed by atoms with Crippen molar-refractivity contribution < 1.29 is 4.52 Å². The largest absolute Gasteiger partial charge is 0.356 e. The summed E-state index contributed by atoms with van der Waals surface area (Å²) < 4.78 is 8.64. The molecule has 1 atom stereocenters. The molecular formula is C24H25ClN6O2. The summed E-state index contributed by atoms with van der Waals surface area (Å²) in [6.07, 6.45) is 8.53. The molecule has 1 aromatic carbocycles. The molecule has 0 unspecified atom stereocenters. The number of hydrogen-bond donors (Lipinski definition) is 0. The number of rotatable bonds is 8. The maximum Gasteiger partial charge on any atom is 0.267 e. The van der Waals surface area contributed by atoms with Crippen LogP contribution in [0.3, 0.4) is 0 Å². The van der Waals surface area contributed by atoms with Gasteiger partial charge in [-0.1, -0.05) is 41.9 Å². The molecule has 3 heterocycles. The Morgan fingerprint density at radius 1 is 1.15 bits per heavy atom. The van der Waals surface area contributed by atoms with E-state index in [0.29, 0.717) is 16.4 Å². The molecule has 8 nitrogen and oxygen atoms in total. The normalized spacial score (nSPS) is 12.5. The number of benzene rings is 1. The smallest absolute Gasteiger partial charge is 0.267 e. The van der Waals surface area contributed by atoms with Crippen molar-refractivity contribution in [3.63, 3.8) is 0 Å². The Kier molecular flexibility index (Phi) is 6.84. The van der Waals surface area contributed by atoms with Crippen LogP contribution < -0.4 is 5.56 Å². The molecule has 0 aliphatic heterocycles. The number of aryl methyl sites for hydroxylation is 1. The highest BCUT2D eigenvalue weighted by molar-refractivity contribution is 6.30. The molecule has 0 aliphatic rings. The minimum absolute atomic E-state index is 0.187. The highest BCUT2D eigenvalue weighted by atomic mass is 35.5. The molecule has 3 aromatic heterocycles. The van der Waals surface area contributed by atoms with Crippen LogP contribution in [0.1, 0.15) is 43.6 Å². The summed E-state index contributed by atoms with van der Waals surface area (Å²) in [5, 5.41) is 17.4. The minimum Gasteiger partial charge on any atom is -0.356 e. The molecule has 0 fully saturated rings. The van der Waals surface area contributed by atoms with Gasteiger partial charge in [0, 0.05) is 48.3 Å². The minimum atomic E-state index is -0.187. The summed E-state index contributed by atoms with van der Waals surface area (Å²) in [7, 11) is 3.48. The van der Waals surface area contributed by atoms with Gasteiger partial charge in [-0.05, 0) is 37.5 Å². The molecule has 4 aromatic rings. The number of aromatic nitrogens is 6. The lowest BCUT2D eigenvalue weighted by molar-refractivity contribution is 0.415. The number of unbranched alkanes of at least 4 members (excludes halogenated alkanes) is 1. The summed E-state index contributed by atoms with van der Waals surface area (Å²) in [6, 6.07) is 11.0. The van der Waals surface area contributed by atoms with Crippen molar-refractivity contribution in [3.8, 4) is 22.7 Å². The predicted octanol–water partition coefficient (Wildman–Crippen LogP) is 4.87. The second kappa shape index (κ2) is 9.95. The fraction of sp³-hybridized carbons (Fsp3) is 0.292. The van der Waals surface area contributed by atoms with Crippen LogP contribution >= 0.6 is 11.6 Å². The van der Waals surface area contributed by atoms with Gasteiger partial charge in [0.2, 0.25) is 0 Å². The molecule has 0 N–H and O–H groups in total. The average molecular weight is 465 g/mol. The fourth-order valence-corrected chi connectivity index (χ4v) is 3.70. The van der Waals surface area contributed by atoms with Gasteiger partial charge in [0.05, 0.1) is 11.9 Å². The molecule has 4 rings (SSSR count). The first-order valence-corrected chi connectivity index (χ1v) is 11.1. The Hall–Kier alpha value is -3.52. The maximum absolute atomic E-state index is 11.8. The van der Waals surface area contributed by atoms with Gasteiger partial charge in [0.25, 0.3) is 5.56 Å². The number of hydrogen-bond acceptors (Lipinski definition) is 6. The number of allylic oxidation sites excluding steroid dienone is 1. The zero-order chi connectivity index (χ0) is 23.4. The van der Waals surface area contributed by atoms with Crippen LogP contribution in [0.2, 0.25) is 5.02 Å².